The molecule has 1 amide bonds. The summed E-state index contributed by atoms with van der Waals surface area (Å²) in [6.45, 7) is 1.06. The Kier molecular flexibility index (Phi) is 4.52. The predicted molar refractivity (Wildman–Crippen MR) is 72.6 cm³/mol. The molecule has 1 aliphatic rings. The Hall–Kier alpha value is -1.43. The van der Waals surface area contributed by atoms with E-state index in [1.165, 1.54) is 7.11 Å². The molecule has 102 valence electrons. The minimum Gasteiger partial charge on any atom is -0.469 e. The van der Waals surface area contributed by atoms with Crippen molar-refractivity contribution in [3.05, 3.63) is 28.5 Å². The number of carbonyl (C=O) groups is 2. The molecule has 0 N–H and O–H groups in total. The van der Waals surface area contributed by atoms with E-state index in [9.17, 15) is 9.59 Å². The van der Waals surface area contributed by atoms with Gasteiger partial charge >= 0.3 is 5.97 Å². The molecule has 1 fully saturated rings. The molecule has 0 bridgehead atoms. The quantitative estimate of drug-likeness (QED) is 0.615. The summed E-state index contributed by atoms with van der Waals surface area (Å²) in [5, 5.41) is 0. The van der Waals surface area contributed by atoms with Crippen LogP contribution in [0.1, 0.15) is 23.3 Å². The van der Waals surface area contributed by atoms with Crippen LogP contribution in [0.5, 0.6) is 0 Å². The number of ether oxygens (including phenoxy) is 1. The minimum absolute atomic E-state index is 0.144. The van der Waals surface area contributed by atoms with Crippen molar-refractivity contribution in [3.8, 4) is 0 Å². The molecule has 6 heteroatoms. The molecular weight excluding hydrogens is 312 g/mol. The number of carbonyl (C=O) groups excluding carboxylic acids is 2. The maximum atomic E-state index is 12.3. The van der Waals surface area contributed by atoms with Crippen molar-refractivity contribution >= 4 is 27.8 Å². The van der Waals surface area contributed by atoms with Crippen LogP contribution in [-0.2, 0) is 9.53 Å². The molecule has 2 rings (SSSR count). The van der Waals surface area contributed by atoms with Gasteiger partial charge in [-0.1, -0.05) is 6.07 Å². The minimum atomic E-state index is -0.250. The van der Waals surface area contributed by atoms with E-state index in [1.807, 2.05) is 0 Å². The fourth-order valence-corrected chi connectivity index (χ4v) is 2.55. The van der Waals surface area contributed by atoms with Gasteiger partial charge in [0.15, 0.2) is 0 Å². The Morgan fingerprint density at radius 1 is 1.47 bits per heavy atom. The van der Waals surface area contributed by atoms with Gasteiger partial charge < -0.3 is 9.64 Å². The number of piperidine rings is 1. The number of pyridine rings is 1. The molecule has 0 saturated carbocycles. The molecule has 1 saturated heterocycles. The van der Waals surface area contributed by atoms with Crippen molar-refractivity contribution in [3.63, 3.8) is 0 Å². The Morgan fingerprint density at radius 2 is 2.26 bits per heavy atom. The third-order valence-corrected chi connectivity index (χ3v) is 3.62. The average molecular weight is 327 g/mol. The Balaban J connectivity index is 2.09. The van der Waals surface area contributed by atoms with Crippen LogP contribution in [-0.4, -0.2) is 42.0 Å². The molecule has 5 nitrogen and oxygen atoms in total. The van der Waals surface area contributed by atoms with Crippen molar-refractivity contribution < 1.29 is 14.3 Å². The first-order valence-electron chi connectivity index (χ1n) is 6.11. The van der Waals surface area contributed by atoms with Crippen molar-refractivity contribution in [2.45, 2.75) is 12.8 Å². The van der Waals surface area contributed by atoms with Crippen molar-refractivity contribution in [2.24, 2.45) is 5.92 Å². The van der Waals surface area contributed by atoms with Crippen LogP contribution in [0.2, 0.25) is 0 Å². The lowest BCUT2D eigenvalue weighted by atomic mass is 9.98. The highest BCUT2D eigenvalue weighted by atomic mass is 79.9. The van der Waals surface area contributed by atoms with Crippen LogP contribution < -0.4 is 0 Å². The molecular formula is C13H15BrN2O3. The molecule has 1 aromatic heterocycles. The first kappa shape index (κ1) is 14.0. The normalized spacial score (nSPS) is 19.1. The van der Waals surface area contributed by atoms with Gasteiger partial charge in [0.25, 0.3) is 5.91 Å². The zero-order valence-electron chi connectivity index (χ0n) is 10.6. The lowest BCUT2D eigenvalue weighted by molar-refractivity contribution is -0.146. The van der Waals surface area contributed by atoms with E-state index in [0.29, 0.717) is 23.4 Å². The van der Waals surface area contributed by atoms with Gasteiger partial charge in [-0.2, -0.15) is 0 Å². The zero-order valence-corrected chi connectivity index (χ0v) is 12.2. The molecule has 19 heavy (non-hydrogen) atoms. The summed E-state index contributed by atoms with van der Waals surface area (Å²) in [5.74, 6) is -0.621. The number of halogens is 1. The van der Waals surface area contributed by atoms with Gasteiger partial charge in [-0.05, 0) is 40.9 Å². The van der Waals surface area contributed by atoms with E-state index in [2.05, 4.69) is 20.9 Å². The van der Waals surface area contributed by atoms with Crippen molar-refractivity contribution in [2.75, 3.05) is 20.2 Å². The number of aromatic nitrogens is 1. The molecule has 0 spiro atoms. The number of amides is 1. The van der Waals surface area contributed by atoms with E-state index in [1.54, 1.807) is 23.1 Å². The van der Waals surface area contributed by atoms with Gasteiger partial charge in [0.2, 0.25) is 0 Å². The number of methoxy groups -OCH3 is 1. The second kappa shape index (κ2) is 6.14. The second-order valence-corrected chi connectivity index (χ2v) is 5.27. The summed E-state index contributed by atoms with van der Waals surface area (Å²) in [4.78, 5) is 29.7. The van der Waals surface area contributed by atoms with E-state index in [0.717, 1.165) is 12.8 Å². The summed E-state index contributed by atoms with van der Waals surface area (Å²) in [7, 11) is 1.37. The molecule has 0 unspecified atom stereocenters. The molecule has 0 aromatic carbocycles. The van der Waals surface area contributed by atoms with Gasteiger partial charge in [-0.15, -0.1) is 0 Å². The fourth-order valence-electron chi connectivity index (χ4n) is 2.21. The van der Waals surface area contributed by atoms with Gasteiger partial charge in [0.1, 0.15) is 10.3 Å². The van der Waals surface area contributed by atoms with Gasteiger partial charge in [-0.3, -0.25) is 9.59 Å². The van der Waals surface area contributed by atoms with Crippen LogP contribution in [0.25, 0.3) is 0 Å². The maximum Gasteiger partial charge on any atom is 0.310 e. The highest BCUT2D eigenvalue weighted by Crippen LogP contribution is 2.19. The van der Waals surface area contributed by atoms with Crippen LogP contribution in [0, 0.1) is 5.92 Å². The summed E-state index contributed by atoms with van der Waals surface area (Å²) in [5.41, 5.74) is 0.389. The lowest BCUT2D eigenvalue weighted by Gasteiger charge is -2.31. The monoisotopic (exact) mass is 326 g/mol. The molecule has 1 atom stereocenters. The molecule has 1 aliphatic heterocycles. The number of likely N-dealkylation sites (tertiary alicyclic amines) is 1. The molecule has 1 aromatic rings. The first-order valence-corrected chi connectivity index (χ1v) is 6.91. The smallest absolute Gasteiger partial charge is 0.310 e. The third-order valence-electron chi connectivity index (χ3n) is 3.18. The highest BCUT2D eigenvalue weighted by Gasteiger charge is 2.29. The third kappa shape index (κ3) is 3.32. The van der Waals surface area contributed by atoms with Crippen molar-refractivity contribution in [1.29, 1.82) is 0 Å². The summed E-state index contributed by atoms with van der Waals surface area (Å²) >= 11 is 3.24. The topological polar surface area (TPSA) is 59.5 Å². The standard InChI is InChI=1S/C13H15BrN2O3/c1-19-13(18)9-4-3-7-16(8-9)12(17)10-5-2-6-11(14)15-10/h2,5-6,9H,3-4,7-8H2,1H3/t9-/m0/s1. The van der Waals surface area contributed by atoms with E-state index >= 15 is 0 Å². The zero-order chi connectivity index (χ0) is 13.8. The van der Waals surface area contributed by atoms with Crippen molar-refractivity contribution in [1.82, 2.24) is 9.88 Å². The lowest BCUT2D eigenvalue weighted by Crippen LogP contribution is -2.42. The number of rotatable bonds is 2. The van der Waals surface area contributed by atoms with Crippen LogP contribution in [0.3, 0.4) is 0 Å². The number of hydrogen-bond acceptors (Lipinski definition) is 4. The van der Waals surface area contributed by atoms with Crippen LogP contribution >= 0.6 is 15.9 Å². The first-order chi connectivity index (χ1) is 9.11. The molecule has 0 aliphatic carbocycles. The SMILES string of the molecule is COC(=O)[C@H]1CCCN(C(=O)c2cccc(Br)n2)C1. The fraction of sp³-hybridized carbons (Fsp3) is 0.462. The Labute approximate surface area is 120 Å². The second-order valence-electron chi connectivity index (χ2n) is 4.46. The van der Waals surface area contributed by atoms with E-state index in [-0.39, 0.29) is 17.8 Å². The van der Waals surface area contributed by atoms with E-state index < -0.39 is 0 Å². The highest BCUT2D eigenvalue weighted by molar-refractivity contribution is 9.10. The number of nitrogens with zero attached hydrogens (tertiary/aromatic N) is 2. The Morgan fingerprint density at radius 3 is 2.95 bits per heavy atom. The predicted octanol–water partition coefficient (Wildman–Crippen LogP) is 1.87. The average Bonchev–Trinajstić information content (AvgIpc) is 2.45. The van der Waals surface area contributed by atoms with Gasteiger partial charge in [-0.25, -0.2) is 4.98 Å². The summed E-state index contributed by atoms with van der Waals surface area (Å²) in [6.07, 6.45) is 1.57. The van der Waals surface area contributed by atoms with Gasteiger partial charge in [0.05, 0.1) is 13.0 Å². The number of esters is 1. The Bertz CT molecular complexity index is 493. The maximum absolute atomic E-state index is 12.3. The molecule has 0 radical (unpaired) electrons. The summed E-state index contributed by atoms with van der Waals surface area (Å²) < 4.78 is 5.37. The van der Waals surface area contributed by atoms with Gasteiger partial charge in [0, 0.05) is 13.1 Å². The number of hydrogen-bond donors (Lipinski definition) is 0. The summed E-state index contributed by atoms with van der Waals surface area (Å²) in [6, 6.07) is 5.21. The molecule has 2 heterocycles. The van der Waals surface area contributed by atoms with E-state index in [4.69, 9.17) is 4.74 Å². The van der Waals surface area contributed by atoms with Crippen LogP contribution in [0.4, 0.5) is 0 Å². The largest absolute Gasteiger partial charge is 0.469 e. The van der Waals surface area contributed by atoms with Crippen LogP contribution in [0.15, 0.2) is 22.8 Å².